The van der Waals surface area contributed by atoms with E-state index in [9.17, 15) is 0 Å². The van der Waals surface area contributed by atoms with Crippen LogP contribution in [0, 0.1) is 12.8 Å². The summed E-state index contributed by atoms with van der Waals surface area (Å²) in [7, 11) is 0. The molecule has 0 radical (unpaired) electrons. The summed E-state index contributed by atoms with van der Waals surface area (Å²) < 4.78 is 5.80. The number of hydrogen-bond acceptors (Lipinski definition) is 5. The Bertz CT molecular complexity index is 654. The number of hydrogen-bond donors (Lipinski definition) is 1. The molecule has 0 fully saturated rings. The molecule has 0 amide bonds. The monoisotopic (exact) mass is 422 g/mol. The molecule has 1 aromatic carbocycles. The van der Waals surface area contributed by atoms with Gasteiger partial charge in [0.25, 0.3) is 0 Å². The summed E-state index contributed by atoms with van der Waals surface area (Å²) >= 11 is 6.11. The van der Waals surface area contributed by atoms with E-state index in [0.29, 0.717) is 35.0 Å². The normalized spacial score (nSPS) is 11.4. The number of anilines is 1. The Hall–Kier alpha value is -0.906. The van der Waals surface area contributed by atoms with Crippen molar-refractivity contribution in [3.8, 4) is 5.75 Å². The van der Waals surface area contributed by atoms with Crippen LogP contribution >= 0.6 is 11.6 Å². The summed E-state index contributed by atoms with van der Waals surface area (Å²) in [5, 5.41) is 3.92. The molecule has 2 rings (SSSR count). The van der Waals surface area contributed by atoms with Gasteiger partial charge in [0.1, 0.15) is 18.2 Å². The average Bonchev–Trinajstić information content (AvgIpc) is 2.52. The van der Waals surface area contributed by atoms with Crippen LogP contribution in [0.5, 0.6) is 5.75 Å². The third kappa shape index (κ3) is 6.19. The fourth-order valence-electron chi connectivity index (χ4n) is 1.97. The van der Waals surface area contributed by atoms with E-state index in [-0.39, 0.29) is 38.8 Å². The Kier molecular flexibility index (Phi) is 8.96. The van der Waals surface area contributed by atoms with Gasteiger partial charge >= 0.3 is 32.7 Å². The number of aryl methyl sites for hydroxylation is 1. The molecule has 0 saturated heterocycles. The molecule has 124 valence electrons. The Morgan fingerprint density at radius 1 is 1.21 bits per heavy atom. The second-order valence-electron chi connectivity index (χ2n) is 5.52. The van der Waals surface area contributed by atoms with Crippen molar-refractivity contribution >= 4 is 17.5 Å². The molecule has 5 nitrogen and oxygen atoms in total. The standard InChI is InChI=1S/C17H22ClN4O.Y/c1-5-13(10-23-15-9-7-6-8-14(15)18)21-17-20-12(4)19-16(22-17)11(2)3;/h6-9,13H,5,10H2,1-4H3,(H,19,20,21,22);/q-1;+3. The van der Waals surface area contributed by atoms with Gasteiger partial charge in [0.2, 0.25) is 5.95 Å². The van der Waals surface area contributed by atoms with Gasteiger partial charge < -0.3 is 16.0 Å². The van der Waals surface area contributed by atoms with Gasteiger partial charge in [-0.1, -0.05) is 30.7 Å². The van der Waals surface area contributed by atoms with Gasteiger partial charge in [-0.05, 0) is 25.5 Å². The molecule has 2 aromatic rings. The molecule has 0 aliphatic heterocycles. The quantitative estimate of drug-likeness (QED) is 0.682. The summed E-state index contributed by atoms with van der Waals surface area (Å²) in [6.45, 7) is 8.39. The van der Waals surface area contributed by atoms with Crippen molar-refractivity contribution in [1.82, 2.24) is 15.0 Å². The minimum atomic E-state index is 0. The third-order valence-corrected chi connectivity index (χ3v) is 3.61. The number of nitrogens with zero attached hydrogens (tertiary/aromatic N) is 3. The van der Waals surface area contributed by atoms with Crippen LogP contribution in [0.15, 0.2) is 24.3 Å². The maximum absolute atomic E-state index is 6.11. The maximum Gasteiger partial charge on any atom is 3.00 e. The van der Waals surface area contributed by atoms with Gasteiger partial charge in [-0.15, -0.1) is 0 Å². The molecule has 0 saturated carbocycles. The largest absolute Gasteiger partial charge is 3.00 e. The van der Waals surface area contributed by atoms with E-state index in [1.54, 1.807) is 0 Å². The predicted molar refractivity (Wildman–Crippen MR) is 92.9 cm³/mol. The van der Waals surface area contributed by atoms with E-state index in [4.69, 9.17) is 16.3 Å². The van der Waals surface area contributed by atoms with Crippen LogP contribution in [-0.2, 0) is 32.7 Å². The Morgan fingerprint density at radius 3 is 2.54 bits per heavy atom. The average molecular weight is 423 g/mol. The first-order chi connectivity index (χ1) is 11.0. The number of nitrogens with one attached hydrogen (secondary N) is 1. The predicted octanol–water partition coefficient (Wildman–Crippen LogP) is 4.06. The van der Waals surface area contributed by atoms with Crippen molar-refractivity contribution in [3.63, 3.8) is 0 Å². The zero-order valence-corrected chi connectivity index (χ0v) is 18.1. The van der Waals surface area contributed by atoms with Crippen molar-refractivity contribution < 1.29 is 37.4 Å². The Labute approximate surface area is 173 Å². The number of aromatic nitrogens is 3. The molecule has 1 aromatic heterocycles. The van der Waals surface area contributed by atoms with Crippen molar-refractivity contribution in [2.75, 3.05) is 11.9 Å². The third-order valence-electron chi connectivity index (χ3n) is 3.30. The molecular formula is C17H22ClN4OY+2. The summed E-state index contributed by atoms with van der Waals surface area (Å²) in [4.78, 5) is 13.1. The van der Waals surface area contributed by atoms with Gasteiger partial charge in [-0.2, -0.15) is 18.8 Å². The summed E-state index contributed by atoms with van der Waals surface area (Å²) in [5.41, 5.74) is 0. The molecule has 0 bridgehead atoms. The molecule has 1 N–H and O–H groups in total. The second-order valence-corrected chi connectivity index (χ2v) is 5.93. The maximum atomic E-state index is 6.11. The van der Waals surface area contributed by atoms with Crippen LogP contribution in [0.1, 0.15) is 38.8 Å². The first-order valence-electron chi connectivity index (χ1n) is 7.66. The van der Waals surface area contributed by atoms with Crippen LogP contribution in [0.4, 0.5) is 5.95 Å². The van der Waals surface area contributed by atoms with E-state index in [1.807, 2.05) is 45.0 Å². The van der Waals surface area contributed by atoms with E-state index in [0.717, 1.165) is 12.3 Å². The SMILES string of the molecule is CCC(COc1ccccc1Cl)Nc1nc(C)nc([C-](C)C)n1.[Y+3]. The zero-order chi connectivity index (χ0) is 16.8. The molecule has 7 heteroatoms. The molecular weight excluding hydrogens is 401 g/mol. The van der Waals surface area contributed by atoms with E-state index in [2.05, 4.69) is 27.2 Å². The van der Waals surface area contributed by atoms with Crippen molar-refractivity contribution in [3.05, 3.63) is 46.9 Å². The number of benzene rings is 1. The first kappa shape index (κ1) is 21.1. The topological polar surface area (TPSA) is 59.9 Å². The van der Waals surface area contributed by atoms with Crippen LogP contribution < -0.4 is 10.1 Å². The number of para-hydroxylation sites is 1. The van der Waals surface area contributed by atoms with Gasteiger partial charge in [0, 0.05) is 5.82 Å². The molecule has 24 heavy (non-hydrogen) atoms. The Balaban J connectivity index is 0.00000288. The minimum absolute atomic E-state index is 0. The molecule has 1 unspecified atom stereocenters. The summed E-state index contributed by atoms with van der Waals surface area (Å²) in [6, 6.07) is 7.53. The molecule has 0 aliphatic rings. The van der Waals surface area contributed by atoms with Crippen LogP contribution in [0.2, 0.25) is 5.02 Å². The Morgan fingerprint density at radius 2 is 1.92 bits per heavy atom. The molecule has 1 heterocycles. The fraction of sp³-hybridized carbons (Fsp3) is 0.412. The molecule has 0 spiro atoms. The van der Waals surface area contributed by atoms with Crippen LogP contribution in [-0.4, -0.2) is 27.6 Å². The van der Waals surface area contributed by atoms with Gasteiger partial charge in [0.15, 0.2) is 0 Å². The smallest absolute Gasteiger partial charge is 0.490 e. The number of halogens is 1. The minimum Gasteiger partial charge on any atom is -0.490 e. The zero-order valence-electron chi connectivity index (χ0n) is 14.5. The van der Waals surface area contributed by atoms with Crippen molar-refractivity contribution in [1.29, 1.82) is 0 Å². The van der Waals surface area contributed by atoms with E-state index in [1.165, 1.54) is 0 Å². The van der Waals surface area contributed by atoms with Gasteiger partial charge in [0.05, 0.1) is 11.1 Å². The van der Waals surface area contributed by atoms with E-state index >= 15 is 0 Å². The van der Waals surface area contributed by atoms with Crippen molar-refractivity contribution in [2.24, 2.45) is 0 Å². The summed E-state index contributed by atoms with van der Waals surface area (Å²) in [6.07, 6.45) is 0.874. The van der Waals surface area contributed by atoms with E-state index < -0.39 is 0 Å². The first-order valence-corrected chi connectivity index (χ1v) is 8.04. The number of rotatable bonds is 7. The molecule has 0 aliphatic carbocycles. The van der Waals surface area contributed by atoms with Crippen molar-refractivity contribution in [2.45, 2.75) is 40.2 Å². The molecule has 1 atom stereocenters. The summed E-state index contributed by atoms with van der Waals surface area (Å²) in [5.74, 6) is 3.71. The van der Waals surface area contributed by atoms with Crippen LogP contribution in [0.25, 0.3) is 0 Å². The fourth-order valence-corrected chi connectivity index (χ4v) is 2.16. The van der Waals surface area contributed by atoms with Gasteiger partial charge in [-0.25, -0.2) is 4.98 Å². The second kappa shape index (κ2) is 10.2. The van der Waals surface area contributed by atoms with Crippen LogP contribution in [0.3, 0.4) is 0 Å². The van der Waals surface area contributed by atoms with Gasteiger partial charge in [-0.3, -0.25) is 4.98 Å². The number of ether oxygens (including phenoxy) is 1.